The van der Waals surface area contributed by atoms with Gasteiger partial charge < -0.3 is 10.9 Å². The van der Waals surface area contributed by atoms with Crippen molar-refractivity contribution in [1.29, 1.82) is 0 Å². The molecule has 0 radical (unpaired) electrons. The van der Waals surface area contributed by atoms with Gasteiger partial charge in [-0.25, -0.2) is 0 Å². The Labute approximate surface area is 60.9 Å². The van der Waals surface area contributed by atoms with E-state index in [1.165, 1.54) is 19.3 Å². The lowest BCUT2D eigenvalue weighted by Gasteiger charge is -2.24. The Balaban J connectivity index is 2.04. The quantitative estimate of drug-likeness (QED) is 0.270. The SMILES string of the molecule is N/C(CCC1CCC1)=N\O. The van der Waals surface area contributed by atoms with E-state index in [0.717, 1.165) is 18.8 Å². The van der Waals surface area contributed by atoms with Crippen molar-refractivity contribution in [3.05, 3.63) is 0 Å². The van der Waals surface area contributed by atoms with Crippen molar-refractivity contribution in [2.24, 2.45) is 16.8 Å². The maximum atomic E-state index is 8.20. The van der Waals surface area contributed by atoms with E-state index in [4.69, 9.17) is 10.9 Å². The second-order valence-electron chi connectivity index (χ2n) is 2.93. The van der Waals surface area contributed by atoms with Gasteiger partial charge in [-0.2, -0.15) is 0 Å². The molecule has 0 amide bonds. The van der Waals surface area contributed by atoms with Crippen LogP contribution in [0.15, 0.2) is 5.16 Å². The molecule has 3 N–H and O–H groups in total. The second kappa shape index (κ2) is 3.44. The Hall–Kier alpha value is -0.730. The number of hydrogen-bond acceptors (Lipinski definition) is 2. The summed E-state index contributed by atoms with van der Waals surface area (Å²) in [5.74, 6) is 1.22. The molecule has 0 heterocycles. The highest BCUT2D eigenvalue weighted by Crippen LogP contribution is 2.30. The molecule has 3 heteroatoms. The predicted octanol–water partition coefficient (Wildman–Crippen LogP) is 1.31. The van der Waals surface area contributed by atoms with Gasteiger partial charge in [0.05, 0.1) is 0 Å². The molecule has 0 saturated heterocycles. The van der Waals surface area contributed by atoms with E-state index >= 15 is 0 Å². The topological polar surface area (TPSA) is 58.6 Å². The minimum absolute atomic E-state index is 0.368. The number of hydrogen-bond donors (Lipinski definition) is 2. The van der Waals surface area contributed by atoms with Gasteiger partial charge in [0.1, 0.15) is 5.84 Å². The maximum Gasteiger partial charge on any atom is 0.139 e. The fraction of sp³-hybridized carbons (Fsp3) is 0.857. The van der Waals surface area contributed by atoms with Gasteiger partial charge in [-0.1, -0.05) is 24.4 Å². The number of nitrogens with two attached hydrogens (primary N) is 1. The van der Waals surface area contributed by atoms with Crippen LogP contribution in [-0.2, 0) is 0 Å². The largest absolute Gasteiger partial charge is 0.409 e. The Morgan fingerprint density at radius 2 is 2.30 bits per heavy atom. The molecule has 0 bridgehead atoms. The average molecular weight is 142 g/mol. The molecule has 0 atom stereocenters. The van der Waals surface area contributed by atoms with Crippen molar-refractivity contribution in [1.82, 2.24) is 0 Å². The first-order chi connectivity index (χ1) is 4.83. The first-order valence-corrected chi connectivity index (χ1v) is 3.79. The third-order valence-corrected chi connectivity index (χ3v) is 2.16. The molecule has 0 aromatic carbocycles. The average Bonchev–Trinajstić information content (AvgIpc) is 1.84. The smallest absolute Gasteiger partial charge is 0.139 e. The summed E-state index contributed by atoms with van der Waals surface area (Å²) in [6.45, 7) is 0. The summed E-state index contributed by atoms with van der Waals surface area (Å²) in [6.07, 6.45) is 5.87. The van der Waals surface area contributed by atoms with Crippen molar-refractivity contribution in [3.8, 4) is 0 Å². The Kier molecular flexibility index (Phi) is 2.54. The number of oxime groups is 1. The molecule has 1 fully saturated rings. The van der Waals surface area contributed by atoms with E-state index < -0.39 is 0 Å². The van der Waals surface area contributed by atoms with Crippen LogP contribution in [0.2, 0.25) is 0 Å². The molecular weight excluding hydrogens is 128 g/mol. The summed E-state index contributed by atoms with van der Waals surface area (Å²) >= 11 is 0. The lowest BCUT2D eigenvalue weighted by atomic mass is 9.82. The summed E-state index contributed by atoms with van der Waals surface area (Å²) in [7, 11) is 0. The first-order valence-electron chi connectivity index (χ1n) is 3.79. The lowest BCUT2D eigenvalue weighted by Crippen LogP contribution is -2.17. The van der Waals surface area contributed by atoms with E-state index in [0.29, 0.717) is 5.84 Å². The summed E-state index contributed by atoms with van der Waals surface area (Å²) < 4.78 is 0. The van der Waals surface area contributed by atoms with Crippen LogP contribution in [0, 0.1) is 5.92 Å². The Bertz CT molecular complexity index is 130. The summed E-state index contributed by atoms with van der Waals surface area (Å²) in [6, 6.07) is 0. The van der Waals surface area contributed by atoms with E-state index in [-0.39, 0.29) is 0 Å². The van der Waals surface area contributed by atoms with Crippen molar-refractivity contribution < 1.29 is 5.21 Å². The molecule has 1 saturated carbocycles. The zero-order valence-electron chi connectivity index (χ0n) is 6.08. The normalized spacial score (nSPS) is 20.6. The van der Waals surface area contributed by atoms with Gasteiger partial charge in [0.25, 0.3) is 0 Å². The zero-order valence-corrected chi connectivity index (χ0v) is 6.08. The first kappa shape index (κ1) is 7.38. The Morgan fingerprint density at radius 3 is 2.70 bits per heavy atom. The van der Waals surface area contributed by atoms with Crippen LogP contribution in [-0.4, -0.2) is 11.0 Å². The maximum absolute atomic E-state index is 8.20. The van der Waals surface area contributed by atoms with Crippen LogP contribution in [0.5, 0.6) is 0 Å². The van der Waals surface area contributed by atoms with Crippen LogP contribution < -0.4 is 5.73 Å². The van der Waals surface area contributed by atoms with Gasteiger partial charge in [-0.05, 0) is 12.3 Å². The van der Waals surface area contributed by atoms with Crippen LogP contribution in [0.1, 0.15) is 32.1 Å². The fourth-order valence-electron chi connectivity index (χ4n) is 1.18. The zero-order chi connectivity index (χ0) is 7.40. The predicted molar refractivity (Wildman–Crippen MR) is 40.0 cm³/mol. The van der Waals surface area contributed by atoms with Gasteiger partial charge in [0.2, 0.25) is 0 Å². The second-order valence-corrected chi connectivity index (χ2v) is 2.93. The van der Waals surface area contributed by atoms with Crippen molar-refractivity contribution in [3.63, 3.8) is 0 Å². The van der Waals surface area contributed by atoms with Crippen LogP contribution in [0.4, 0.5) is 0 Å². The van der Waals surface area contributed by atoms with Gasteiger partial charge in [0.15, 0.2) is 0 Å². The molecule has 0 unspecified atom stereocenters. The van der Waals surface area contributed by atoms with E-state index in [9.17, 15) is 0 Å². The van der Waals surface area contributed by atoms with Gasteiger partial charge in [0, 0.05) is 6.42 Å². The molecule has 1 aliphatic carbocycles. The van der Waals surface area contributed by atoms with E-state index in [1.54, 1.807) is 0 Å². The molecule has 0 aromatic rings. The highest BCUT2D eigenvalue weighted by Gasteiger charge is 2.16. The third kappa shape index (κ3) is 1.90. The van der Waals surface area contributed by atoms with E-state index in [2.05, 4.69) is 5.16 Å². The van der Waals surface area contributed by atoms with Crippen molar-refractivity contribution in [2.45, 2.75) is 32.1 Å². The summed E-state index contributed by atoms with van der Waals surface area (Å²) in [4.78, 5) is 0. The Morgan fingerprint density at radius 1 is 1.60 bits per heavy atom. The molecule has 58 valence electrons. The summed E-state index contributed by atoms with van der Waals surface area (Å²) in [5.41, 5.74) is 5.30. The van der Waals surface area contributed by atoms with Gasteiger partial charge >= 0.3 is 0 Å². The fourth-order valence-corrected chi connectivity index (χ4v) is 1.18. The van der Waals surface area contributed by atoms with Crippen LogP contribution >= 0.6 is 0 Å². The number of rotatable bonds is 3. The molecule has 1 aliphatic rings. The minimum Gasteiger partial charge on any atom is -0.409 e. The monoisotopic (exact) mass is 142 g/mol. The number of nitrogens with zero attached hydrogens (tertiary/aromatic N) is 1. The highest BCUT2D eigenvalue weighted by molar-refractivity contribution is 5.79. The molecule has 0 spiro atoms. The van der Waals surface area contributed by atoms with Crippen molar-refractivity contribution in [2.75, 3.05) is 0 Å². The van der Waals surface area contributed by atoms with E-state index in [1.807, 2.05) is 0 Å². The highest BCUT2D eigenvalue weighted by atomic mass is 16.4. The van der Waals surface area contributed by atoms with Crippen LogP contribution in [0.3, 0.4) is 0 Å². The molecule has 0 aromatic heterocycles. The summed E-state index contributed by atoms with van der Waals surface area (Å²) in [5, 5.41) is 11.1. The number of amidine groups is 1. The van der Waals surface area contributed by atoms with Gasteiger partial charge in [-0.3, -0.25) is 0 Å². The molecular formula is C7H14N2O. The lowest BCUT2D eigenvalue weighted by molar-refractivity contribution is 0.294. The standard InChI is InChI=1S/C7H14N2O/c8-7(9-10)5-4-6-2-1-3-6/h6,10H,1-5H2,(H2,8,9). The van der Waals surface area contributed by atoms with Crippen LogP contribution in [0.25, 0.3) is 0 Å². The van der Waals surface area contributed by atoms with Crippen molar-refractivity contribution >= 4 is 5.84 Å². The minimum atomic E-state index is 0.368. The molecule has 3 nitrogen and oxygen atoms in total. The molecule has 1 rings (SSSR count). The molecule has 10 heavy (non-hydrogen) atoms. The molecule has 0 aliphatic heterocycles. The third-order valence-electron chi connectivity index (χ3n) is 2.16. The van der Waals surface area contributed by atoms with Gasteiger partial charge in [-0.15, -0.1) is 0 Å².